The number of hydrogen-bond acceptors (Lipinski definition) is 5. The number of hydrogen-bond donors (Lipinski definition) is 2. The number of carbonyl (C=O) groups is 1. The van der Waals surface area contributed by atoms with E-state index in [-0.39, 0.29) is 12.5 Å². The van der Waals surface area contributed by atoms with Crippen LogP contribution in [0.4, 0.5) is 11.6 Å². The van der Waals surface area contributed by atoms with Crippen LogP contribution in [0.3, 0.4) is 0 Å². The van der Waals surface area contributed by atoms with Crippen molar-refractivity contribution >= 4 is 17.5 Å². The molecule has 6 nitrogen and oxygen atoms in total. The lowest BCUT2D eigenvalue weighted by molar-refractivity contribution is -0.128. The van der Waals surface area contributed by atoms with Gasteiger partial charge < -0.3 is 15.5 Å². The summed E-state index contributed by atoms with van der Waals surface area (Å²) >= 11 is 0. The average molecular weight is 279 g/mol. The molecule has 0 saturated carbocycles. The highest BCUT2D eigenvalue weighted by molar-refractivity contribution is 5.81. The molecule has 1 rings (SSSR count). The minimum absolute atomic E-state index is 0.0793. The Bertz CT molecular complexity index is 457. The second-order valence-electron chi connectivity index (χ2n) is 4.54. The minimum Gasteiger partial charge on any atom is -0.370 e. The number of carbonyl (C=O) groups excluding carboxylic acids is 1. The third kappa shape index (κ3) is 4.08. The van der Waals surface area contributed by atoms with E-state index in [1.807, 2.05) is 34.6 Å². The third-order valence-corrected chi connectivity index (χ3v) is 3.13. The molecule has 1 aromatic heterocycles. The number of anilines is 2. The molecule has 20 heavy (non-hydrogen) atoms. The van der Waals surface area contributed by atoms with E-state index in [4.69, 9.17) is 0 Å². The molecule has 0 bridgehead atoms. The fourth-order valence-electron chi connectivity index (χ4n) is 1.99. The molecular formula is C14H25N5O. The number of nitrogens with zero attached hydrogens (tertiary/aromatic N) is 3. The van der Waals surface area contributed by atoms with Gasteiger partial charge in [-0.3, -0.25) is 4.79 Å². The SMILES string of the molecule is CCNc1nc(C)nc(NCC(=O)N(CC)CC)c1C. The molecule has 0 aliphatic carbocycles. The first-order valence-corrected chi connectivity index (χ1v) is 7.14. The molecule has 112 valence electrons. The highest BCUT2D eigenvalue weighted by Gasteiger charge is 2.12. The van der Waals surface area contributed by atoms with Gasteiger partial charge >= 0.3 is 0 Å². The molecule has 0 saturated heterocycles. The van der Waals surface area contributed by atoms with Crippen molar-refractivity contribution in [2.75, 3.05) is 36.8 Å². The molecular weight excluding hydrogens is 254 g/mol. The van der Waals surface area contributed by atoms with Crippen molar-refractivity contribution < 1.29 is 4.79 Å². The van der Waals surface area contributed by atoms with Crippen molar-refractivity contribution in [3.63, 3.8) is 0 Å². The van der Waals surface area contributed by atoms with E-state index in [9.17, 15) is 4.79 Å². The van der Waals surface area contributed by atoms with Crippen LogP contribution in [-0.4, -0.2) is 47.0 Å². The van der Waals surface area contributed by atoms with Crippen LogP contribution in [0.2, 0.25) is 0 Å². The zero-order valence-corrected chi connectivity index (χ0v) is 13.1. The molecule has 6 heteroatoms. The Kier molecular flexibility index (Phi) is 6.21. The van der Waals surface area contributed by atoms with E-state index in [2.05, 4.69) is 20.6 Å². The predicted molar refractivity (Wildman–Crippen MR) is 82.1 cm³/mol. The molecule has 0 aliphatic heterocycles. The lowest BCUT2D eigenvalue weighted by Gasteiger charge is -2.19. The van der Waals surface area contributed by atoms with Gasteiger partial charge in [0.15, 0.2) is 0 Å². The monoisotopic (exact) mass is 279 g/mol. The van der Waals surface area contributed by atoms with Crippen LogP contribution in [0.1, 0.15) is 32.2 Å². The predicted octanol–water partition coefficient (Wildman–Crippen LogP) is 1.81. The topological polar surface area (TPSA) is 70.1 Å². The van der Waals surface area contributed by atoms with Gasteiger partial charge in [0, 0.05) is 25.2 Å². The Morgan fingerprint density at radius 2 is 1.60 bits per heavy atom. The Morgan fingerprint density at radius 3 is 2.10 bits per heavy atom. The summed E-state index contributed by atoms with van der Waals surface area (Å²) in [5.41, 5.74) is 0.935. The van der Waals surface area contributed by atoms with Gasteiger partial charge in [0.05, 0.1) is 6.54 Å². The van der Waals surface area contributed by atoms with Gasteiger partial charge in [-0.25, -0.2) is 9.97 Å². The van der Waals surface area contributed by atoms with Crippen LogP contribution in [0.25, 0.3) is 0 Å². The first-order chi connectivity index (χ1) is 9.53. The molecule has 0 aromatic carbocycles. The van der Waals surface area contributed by atoms with E-state index in [0.29, 0.717) is 11.6 Å². The maximum absolute atomic E-state index is 12.0. The summed E-state index contributed by atoms with van der Waals surface area (Å²) in [6.45, 7) is 12.3. The highest BCUT2D eigenvalue weighted by Crippen LogP contribution is 2.19. The summed E-state index contributed by atoms with van der Waals surface area (Å²) in [5.74, 6) is 2.30. The summed E-state index contributed by atoms with van der Waals surface area (Å²) in [4.78, 5) is 22.5. The van der Waals surface area contributed by atoms with Crippen LogP contribution < -0.4 is 10.6 Å². The summed E-state index contributed by atoms with van der Waals surface area (Å²) in [5, 5.41) is 6.32. The first-order valence-electron chi connectivity index (χ1n) is 7.14. The highest BCUT2D eigenvalue weighted by atomic mass is 16.2. The van der Waals surface area contributed by atoms with Crippen LogP contribution >= 0.6 is 0 Å². The van der Waals surface area contributed by atoms with Crippen LogP contribution in [0, 0.1) is 13.8 Å². The Hall–Kier alpha value is -1.85. The van der Waals surface area contributed by atoms with Gasteiger partial charge in [-0.1, -0.05) is 0 Å². The molecule has 2 N–H and O–H groups in total. The zero-order chi connectivity index (χ0) is 15.1. The summed E-state index contributed by atoms with van der Waals surface area (Å²) < 4.78 is 0. The Morgan fingerprint density at radius 1 is 1.05 bits per heavy atom. The van der Waals surface area contributed by atoms with Crippen LogP contribution in [0.15, 0.2) is 0 Å². The van der Waals surface area contributed by atoms with Crippen LogP contribution in [-0.2, 0) is 4.79 Å². The largest absolute Gasteiger partial charge is 0.370 e. The number of amides is 1. The lowest BCUT2D eigenvalue weighted by atomic mass is 10.3. The van der Waals surface area contributed by atoms with Crippen molar-refractivity contribution in [2.24, 2.45) is 0 Å². The third-order valence-electron chi connectivity index (χ3n) is 3.13. The van der Waals surface area contributed by atoms with Gasteiger partial charge in [-0.05, 0) is 34.6 Å². The molecule has 0 aliphatic rings. The van der Waals surface area contributed by atoms with E-state index in [1.54, 1.807) is 4.90 Å². The standard InChI is InChI=1S/C14H25N5O/c1-6-15-13-10(4)14(18-11(5)17-13)16-9-12(20)19(7-2)8-3/h6-9H2,1-5H3,(H2,15,16,17,18). The number of aromatic nitrogens is 2. The Labute approximate surface area is 121 Å². The van der Waals surface area contributed by atoms with Crippen LogP contribution in [0.5, 0.6) is 0 Å². The maximum Gasteiger partial charge on any atom is 0.241 e. The zero-order valence-electron chi connectivity index (χ0n) is 13.1. The number of nitrogens with one attached hydrogen (secondary N) is 2. The van der Waals surface area contributed by atoms with E-state index < -0.39 is 0 Å². The van der Waals surface area contributed by atoms with Crippen molar-refractivity contribution in [1.29, 1.82) is 0 Å². The van der Waals surface area contributed by atoms with Crippen molar-refractivity contribution in [3.05, 3.63) is 11.4 Å². The average Bonchev–Trinajstić information content (AvgIpc) is 2.42. The molecule has 0 atom stereocenters. The van der Waals surface area contributed by atoms with Gasteiger partial charge in [0.25, 0.3) is 0 Å². The van der Waals surface area contributed by atoms with Gasteiger partial charge in [0.1, 0.15) is 17.5 Å². The van der Waals surface area contributed by atoms with Crippen molar-refractivity contribution in [3.8, 4) is 0 Å². The quantitative estimate of drug-likeness (QED) is 0.796. The number of aryl methyl sites for hydroxylation is 1. The minimum atomic E-state index is 0.0793. The van der Waals surface area contributed by atoms with E-state index in [1.165, 1.54) is 0 Å². The molecule has 0 spiro atoms. The summed E-state index contributed by atoms with van der Waals surface area (Å²) in [7, 11) is 0. The van der Waals surface area contributed by atoms with Gasteiger partial charge in [0.2, 0.25) is 5.91 Å². The maximum atomic E-state index is 12.0. The van der Waals surface area contributed by atoms with Gasteiger partial charge in [-0.2, -0.15) is 0 Å². The number of likely N-dealkylation sites (N-methyl/N-ethyl adjacent to an activating group) is 1. The summed E-state index contributed by atoms with van der Waals surface area (Å²) in [6.07, 6.45) is 0. The lowest BCUT2D eigenvalue weighted by Crippen LogP contribution is -2.35. The fraction of sp³-hybridized carbons (Fsp3) is 0.643. The van der Waals surface area contributed by atoms with E-state index in [0.717, 1.165) is 31.0 Å². The van der Waals surface area contributed by atoms with Crippen molar-refractivity contribution in [2.45, 2.75) is 34.6 Å². The smallest absolute Gasteiger partial charge is 0.241 e. The number of rotatable bonds is 7. The molecule has 1 aromatic rings. The van der Waals surface area contributed by atoms with E-state index >= 15 is 0 Å². The fourth-order valence-corrected chi connectivity index (χ4v) is 1.99. The molecule has 0 unspecified atom stereocenters. The second-order valence-corrected chi connectivity index (χ2v) is 4.54. The normalized spacial score (nSPS) is 10.2. The molecule has 0 radical (unpaired) electrons. The molecule has 0 fully saturated rings. The molecule has 1 amide bonds. The summed E-state index contributed by atoms with van der Waals surface area (Å²) in [6, 6.07) is 0. The van der Waals surface area contributed by atoms with Gasteiger partial charge in [-0.15, -0.1) is 0 Å². The first kappa shape index (κ1) is 16.2. The molecule has 1 heterocycles. The Balaban J connectivity index is 2.80. The van der Waals surface area contributed by atoms with Crippen molar-refractivity contribution in [1.82, 2.24) is 14.9 Å². The second kappa shape index (κ2) is 7.67.